The van der Waals surface area contributed by atoms with Gasteiger partial charge in [0.25, 0.3) is 0 Å². The van der Waals surface area contributed by atoms with Crippen molar-refractivity contribution in [2.45, 2.75) is 45.1 Å². The van der Waals surface area contributed by atoms with E-state index in [2.05, 4.69) is 22.3 Å². The van der Waals surface area contributed by atoms with Gasteiger partial charge in [0.05, 0.1) is 0 Å². The molecule has 1 atom stereocenters. The zero-order valence-corrected chi connectivity index (χ0v) is 10.5. The molecule has 17 heavy (non-hydrogen) atoms. The number of nitrogens with two attached hydrogens (primary N) is 1. The van der Waals surface area contributed by atoms with Gasteiger partial charge in [0.15, 0.2) is 5.82 Å². The number of rotatable bonds is 5. The number of hydrogen-bond donors (Lipinski definition) is 2. The molecule has 0 amide bonds. The summed E-state index contributed by atoms with van der Waals surface area (Å²) in [4.78, 5) is 9.10. The summed E-state index contributed by atoms with van der Waals surface area (Å²) in [5, 5.41) is 0. The maximum absolute atomic E-state index is 5.53. The fourth-order valence-electron chi connectivity index (χ4n) is 2.33. The Balaban J connectivity index is 2.35. The van der Waals surface area contributed by atoms with Crippen LogP contribution in [0.3, 0.4) is 0 Å². The Bertz CT molecular complexity index is 394. The Morgan fingerprint density at radius 2 is 2.24 bits per heavy atom. The van der Waals surface area contributed by atoms with Crippen molar-refractivity contribution >= 4 is 5.82 Å². The Labute approximate surface area is 102 Å². The van der Waals surface area contributed by atoms with Crippen LogP contribution in [-0.2, 0) is 17.6 Å². The summed E-state index contributed by atoms with van der Waals surface area (Å²) in [7, 11) is 1.70. The zero-order chi connectivity index (χ0) is 12.3. The van der Waals surface area contributed by atoms with E-state index < -0.39 is 0 Å². The van der Waals surface area contributed by atoms with Crippen molar-refractivity contribution in [3.8, 4) is 0 Å². The van der Waals surface area contributed by atoms with Crippen LogP contribution < -0.4 is 11.3 Å². The third-order valence-corrected chi connectivity index (χ3v) is 3.21. The minimum atomic E-state index is -0.0296. The highest BCUT2D eigenvalue weighted by atomic mass is 16.5. The lowest BCUT2D eigenvalue weighted by molar-refractivity contribution is 0.0875. The van der Waals surface area contributed by atoms with Crippen LogP contribution >= 0.6 is 0 Å². The Hall–Kier alpha value is -1.20. The molecule has 5 heteroatoms. The Kier molecular flexibility index (Phi) is 3.91. The number of nitrogen functional groups attached to an aromatic ring is 1. The smallest absolute Gasteiger partial charge is 0.159 e. The summed E-state index contributed by atoms with van der Waals surface area (Å²) in [5.41, 5.74) is 4.98. The van der Waals surface area contributed by atoms with Crippen molar-refractivity contribution in [2.24, 2.45) is 5.84 Å². The van der Waals surface area contributed by atoms with Crippen molar-refractivity contribution in [1.82, 2.24) is 9.97 Å². The molecule has 0 saturated heterocycles. The van der Waals surface area contributed by atoms with Crippen LogP contribution in [0.25, 0.3) is 0 Å². The van der Waals surface area contributed by atoms with Gasteiger partial charge in [-0.15, -0.1) is 0 Å². The summed E-state index contributed by atoms with van der Waals surface area (Å²) in [6, 6.07) is 0. The minimum Gasteiger partial charge on any atom is -0.373 e. The van der Waals surface area contributed by atoms with Crippen LogP contribution in [0.1, 0.15) is 49.4 Å². The maximum atomic E-state index is 5.53. The average molecular weight is 236 g/mol. The largest absolute Gasteiger partial charge is 0.373 e. The van der Waals surface area contributed by atoms with E-state index in [9.17, 15) is 0 Å². The van der Waals surface area contributed by atoms with Crippen molar-refractivity contribution in [1.29, 1.82) is 0 Å². The molecule has 5 nitrogen and oxygen atoms in total. The van der Waals surface area contributed by atoms with Gasteiger partial charge in [-0.25, -0.2) is 15.8 Å². The van der Waals surface area contributed by atoms with Gasteiger partial charge in [-0.3, -0.25) is 0 Å². The second-order valence-corrected chi connectivity index (χ2v) is 4.37. The second-order valence-electron chi connectivity index (χ2n) is 4.37. The van der Waals surface area contributed by atoms with Gasteiger partial charge < -0.3 is 10.2 Å². The van der Waals surface area contributed by atoms with Gasteiger partial charge in [-0.2, -0.15) is 0 Å². The first-order valence-corrected chi connectivity index (χ1v) is 6.19. The number of methoxy groups -OCH3 is 1. The van der Waals surface area contributed by atoms with E-state index in [1.165, 1.54) is 5.56 Å². The van der Waals surface area contributed by atoms with Crippen LogP contribution in [0.2, 0.25) is 0 Å². The molecule has 1 unspecified atom stereocenters. The van der Waals surface area contributed by atoms with E-state index in [-0.39, 0.29) is 6.10 Å². The van der Waals surface area contributed by atoms with Crippen LogP contribution in [0.15, 0.2) is 0 Å². The van der Waals surface area contributed by atoms with E-state index in [0.717, 1.165) is 49.4 Å². The molecule has 0 bridgehead atoms. The van der Waals surface area contributed by atoms with Crippen molar-refractivity contribution in [2.75, 3.05) is 12.5 Å². The van der Waals surface area contributed by atoms with Gasteiger partial charge >= 0.3 is 0 Å². The third-order valence-electron chi connectivity index (χ3n) is 3.21. The number of nitrogens with one attached hydrogen (secondary N) is 1. The first-order valence-electron chi connectivity index (χ1n) is 6.19. The fourth-order valence-corrected chi connectivity index (χ4v) is 2.33. The highest BCUT2D eigenvalue weighted by Gasteiger charge is 2.22. The fraction of sp³-hybridized carbons (Fsp3) is 0.667. The molecule has 2 rings (SSSR count). The molecule has 1 aromatic heterocycles. The number of nitrogens with zero attached hydrogens (tertiary/aromatic N) is 2. The normalized spacial score (nSPS) is 15.7. The highest BCUT2D eigenvalue weighted by molar-refractivity contribution is 5.48. The van der Waals surface area contributed by atoms with Crippen LogP contribution in [-0.4, -0.2) is 17.1 Å². The van der Waals surface area contributed by atoms with Gasteiger partial charge in [0, 0.05) is 18.4 Å². The van der Waals surface area contributed by atoms with E-state index in [0.29, 0.717) is 0 Å². The maximum Gasteiger partial charge on any atom is 0.159 e. The molecular weight excluding hydrogens is 216 g/mol. The highest BCUT2D eigenvalue weighted by Crippen LogP contribution is 2.28. The standard InChI is InChI=1S/C12H20N4O/c1-3-5-10(17-2)12-14-9-7-4-6-8(9)11(15-12)16-13/h10H,3-7,13H2,1-2H3,(H,14,15,16). The Morgan fingerprint density at radius 1 is 1.41 bits per heavy atom. The van der Waals surface area contributed by atoms with Gasteiger partial charge in [0.2, 0.25) is 0 Å². The SMILES string of the molecule is CCCC(OC)c1nc2c(c(NN)n1)CCC2. The summed E-state index contributed by atoms with van der Waals surface area (Å²) in [6.45, 7) is 2.13. The molecular formula is C12H20N4O. The number of aromatic nitrogens is 2. The average Bonchev–Trinajstić information content (AvgIpc) is 2.82. The molecule has 1 aliphatic carbocycles. The summed E-state index contributed by atoms with van der Waals surface area (Å²) >= 11 is 0. The first kappa shape index (κ1) is 12.3. The Morgan fingerprint density at radius 3 is 2.88 bits per heavy atom. The van der Waals surface area contributed by atoms with Crippen LogP contribution in [0, 0.1) is 0 Å². The lowest BCUT2D eigenvalue weighted by Crippen LogP contribution is -2.16. The number of anilines is 1. The second kappa shape index (κ2) is 5.42. The van der Waals surface area contributed by atoms with E-state index in [1.807, 2.05) is 0 Å². The molecule has 0 radical (unpaired) electrons. The van der Waals surface area contributed by atoms with Crippen molar-refractivity contribution in [3.63, 3.8) is 0 Å². The molecule has 0 fully saturated rings. The number of hydrazine groups is 1. The number of ether oxygens (including phenoxy) is 1. The topological polar surface area (TPSA) is 73.1 Å². The molecule has 1 aliphatic rings. The predicted octanol–water partition coefficient (Wildman–Crippen LogP) is 1.74. The van der Waals surface area contributed by atoms with E-state index >= 15 is 0 Å². The van der Waals surface area contributed by atoms with E-state index in [1.54, 1.807) is 7.11 Å². The third kappa shape index (κ3) is 2.40. The lowest BCUT2D eigenvalue weighted by atomic mass is 10.1. The molecule has 1 aromatic rings. The number of fused-ring (bicyclic) bond motifs is 1. The quantitative estimate of drug-likeness (QED) is 0.601. The molecule has 0 spiro atoms. The zero-order valence-electron chi connectivity index (χ0n) is 10.5. The molecule has 0 aliphatic heterocycles. The van der Waals surface area contributed by atoms with Crippen molar-refractivity contribution in [3.05, 3.63) is 17.1 Å². The molecule has 3 N–H and O–H groups in total. The first-order chi connectivity index (χ1) is 8.30. The molecule has 0 saturated carbocycles. The molecule has 1 heterocycles. The van der Waals surface area contributed by atoms with Gasteiger partial charge in [0.1, 0.15) is 11.9 Å². The molecule has 0 aromatic carbocycles. The number of aryl methyl sites for hydroxylation is 1. The van der Waals surface area contributed by atoms with Crippen molar-refractivity contribution < 1.29 is 4.74 Å². The van der Waals surface area contributed by atoms with Crippen LogP contribution in [0.5, 0.6) is 0 Å². The summed E-state index contributed by atoms with van der Waals surface area (Å²) in [6.07, 6.45) is 5.11. The lowest BCUT2D eigenvalue weighted by Gasteiger charge is -2.16. The van der Waals surface area contributed by atoms with E-state index in [4.69, 9.17) is 10.6 Å². The minimum absolute atomic E-state index is 0.0296. The van der Waals surface area contributed by atoms with Gasteiger partial charge in [-0.1, -0.05) is 13.3 Å². The number of hydrogen-bond acceptors (Lipinski definition) is 5. The molecule has 94 valence electrons. The van der Waals surface area contributed by atoms with Crippen LogP contribution in [0.4, 0.5) is 5.82 Å². The predicted molar refractivity (Wildman–Crippen MR) is 66.5 cm³/mol. The summed E-state index contributed by atoms with van der Waals surface area (Å²) < 4.78 is 5.44. The monoisotopic (exact) mass is 236 g/mol. The van der Waals surface area contributed by atoms with Gasteiger partial charge in [-0.05, 0) is 25.7 Å². The summed E-state index contributed by atoms with van der Waals surface area (Å²) in [5.74, 6) is 7.04.